The van der Waals surface area contributed by atoms with Crippen LogP contribution >= 0.6 is 11.6 Å². The summed E-state index contributed by atoms with van der Waals surface area (Å²) in [6.07, 6.45) is 3.10. The summed E-state index contributed by atoms with van der Waals surface area (Å²) in [5.74, 6) is 1.28. The van der Waals surface area contributed by atoms with Gasteiger partial charge in [0.15, 0.2) is 0 Å². The second-order valence-electron chi connectivity index (χ2n) is 4.95. The van der Waals surface area contributed by atoms with Gasteiger partial charge in [-0.15, -0.1) is 0 Å². The lowest BCUT2D eigenvalue weighted by molar-refractivity contribution is 0.137. The first-order valence-electron chi connectivity index (χ1n) is 5.81. The summed E-state index contributed by atoms with van der Waals surface area (Å²) < 4.78 is 13.1. The third kappa shape index (κ3) is 1.56. The molecule has 16 heavy (non-hydrogen) atoms. The van der Waals surface area contributed by atoms with Gasteiger partial charge in [0.25, 0.3) is 0 Å². The van der Waals surface area contributed by atoms with E-state index in [1.807, 2.05) is 0 Å². The smallest absolute Gasteiger partial charge is 0.123 e. The molecule has 3 heteroatoms. The Morgan fingerprint density at radius 3 is 2.69 bits per heavy atom. The Kier molecular flexibility index (Phi) is 2.45. The number of halogens is 2. The van der Waals surface area contributed by atoms with E-state index < -0.39 is 6.10 Å². The highest BCUT2D eigenvalue weighted by atomic mass is 35.5. The summed E-state index contributed by atoms with van der Waals surface area (Å²) in [5.41, 5.74) is 0.557. The Morgan fingerprint density at radius 2 is 2.00 bits per heavy atom. The molecule has 86 valence electrons. The maximum Gasteiger partial charge on any atom is 0.123 e. The minimum Gasteiger partial charge on any atom is -0.388 e. The molecule has 1 N–H and O–H groups in total. The fourth-order valence-corrected chi connectivity index (χ4v) is 3.52. The number of aliphatic hydroxyl groups is 1. The molecule has 0 saturated heterocycles. The number of rotatable bonds is 2. The molecule has 2 aliphatic carbocycles. The Balaban J connectivity index is 1.84. The molecular weight excluding hydrogens is 227 g/mol. The summed E-state index contributed by atoms with van der Waals surface area (Å²) >= 11 is 5.99. The highest BCUT2D eigenvalue weighted by Gasteiger charge is 2.56. The van der Waals surface area contributed by atoms with Crippen LogP contribution in [0, 0.1) is 23.6 Å². The zero-order valence-corrected chi connectivity index (χ0v) is 9.62. The summed E-state index contributed by atoms with van der Waals surface area (Å²) in [6.45, 7) is 0. The molecule has 0 bridgehead atoms. The lowest BCUT2D eigenvalue weighted by atomic mass is 9.99. The molecule has 0 heterocycles. The largest absolute Gasteiger partial charge is 0.388 e. The zero-order chi connectivity index (χ0) is 11.3. The van der Waals surface area contributed by atoms with E-state index in [4.69, 9.17) is 11.6 Å². The van der Waals surface area contributed by atoms with Crippen molar-refractivity contribution in [1.29, 1.82) is 0 Å². The van der Waals surface area contributed by atoms with Gasteiger partial charge in [-0.05, 0) is 48.8 Å². The SMILES string of the molecule is OC(c1cc(F)ccc1Cl)C1C2CCCC21. The van der Waals surface area contributed by atoms with Crippen LogP contribution in [0.1, 0.15) is 30.9 Å². The highest BCUT2D eigenvalue weighted by molar-refractivity contribution is 6.31. The summed E-state index contributed by atoms with van der Waals surface area (Å²) in [6, 6.07) is 4.21. The summed E-state index contributed by atoms with van der Waals surface area (Å²) in [7, 11) is 0. The molecule has 1 aromatic rings. The van der Waals surface area contributed by atoms with Crippen molar-refractivity contribution in [3.05, 3.63) is 34.6 Å². The van der Waals surface area contributed by atoms with Gasteiger partial charge in [0.2, 0.25) is 0 Å². The van der Waals surface area contributed by atoms with Crippen molar-refractivity contribution < 1.29 is 9.50 Å². The van der Waals surface area contributed by atoms with Crippen LogP contribution in [0.15, 0.2) is 18.2 Å². The van der Waals surface area contributed by atoms with Crippen molar-refractivity contribution in [2.45, 2.75) is 25.4 Å². The first kappa shape index (κ1) is 10.5. The number of fused-ring (bicyclic) bond motifs is 1. The molecule has 3 rings (SSSR count). The van der Waals surface area contributed by atoms with E-state index in [0.29, 0.717) is 28.3 Å². The van der Waals surface area contributed by atoms with Gasteiger partial charge in [0, 0.05) is 10.6 Å². The minimum atomic E-state index is -0.585. The molecule has 0 aliphatic heterocycles. The van der Waals surface area contributed by atoms with Gasteiger partial charge >= 0.3 is 0 Å². The lowest BCUT2D eigenvalue weighted by Crippen LogP contribution is -2.05. The van der Waals surface area contributed by atoms with E-state index in [2.05, 4.69) is 0 Å². The van der Waals surface area contributed by atoms with Crippen LogP contribution in [0.2, 0.25) is 5.02 Å². The molecule has 3 atom stereocenters. The second-order valence-corrected chi connectivity index (χ2v) is 5.35. The van der Waals surface area contributed by atoms with Crippen molar-refractivity contribution in [2.75, 3.05) is 0 Å². The standard InChI is InChI=1S/C13H14ClFO/c14-11-5-4-7(15)6-10(11)13(16)12-8-2-1-3-9(8)12/h4-6,8-9,12-13,16H,1-3H2. The molecule has 2 fully saturated rings. The molecule has 0 amide bonds. The molecule has 2 aliphatic rings. The molecule has 1 nitrogen and oxygen atoms in total. The molecule has 0 spiro atoms. The number of hydrogen-bond donors (Lipinski definition) is 1. The molecule has 3 unspecified atom stereocenters. The average molecular weight is 241 g/mol. The Morgan fingerprint density at radius 1 is 1.31 bits per heavy atom. The van der Waals surface area contributed by atoms with Crippen LogP contribution in [0.3, 0.4) is 0 Å². The monoisotopic (exact) mass is 240 g/mol. The van der Waals surface area contributed by atoms with Crippen molar-refractivity contribution in [3.63, 3.8) is 0 Å². The van der Waals surface area contributed by atoms with Gasteiger partial charge in [0.1, 0.15) is 5.82 Å². The first-order valence-corrected chi connectivity index (χ1v) is 6.19. The molecule has 0 aromatic heterocycles. The Hall–Kier alpha value is -0.600. The van der Waals surface area contributed by atoms with E-state index in [9.17, 15) is 9.50 Å². The van der Waals surface area contributed by atoms with Crippen LogP contribution in [-0.4, -0.2) is 5.11 Å². The van der Waals surface area contributed by atoms with Crippen molar-refractivity contribution in [3.8, 4) is 0 Å². The van der Waals surface area contributed by atoms with Gasteiger partial charge in [-0.1, -0.05) is 18.0 Å². The fourth-order valence-electron chi connectivity index (χ4n) is 3.29. The van der Waals surface area contributed by atoms with Gasteiger partial charge < -0.3 is 5.11 Å². The average Bonchev–Trinajstić information content (AvgIpc) is 2.74. The second kappa shape index (κ2) is 3.71. The lowest BCUT2D eigenvalue weighted by Gasteiger charge is -2.14. The van der Waals surface area contributed by atoms with Gasteiger partial charge in [-0.25, -0.2) is 4.39 Å². The van der Waals surface area contributed by atoms with Crippen LogP contribution in [0.25, 0.3) is 0 Å². The third-order valence-electron chi connectivity index (χ3n) is 4.11. The van der Waals surface area contributed by atoms with Gasteiger partial charge in [-0.2, -0.15) is 0 Å². The normalized spacial score (nSPS) is 33.6. The van der Waals surface area contributed by atoms with E-state index >= 15 is 0 Å². The third-order valence-corrected chi connectivity index (χ3v) is 4.46. The van der Waals surface area contributed by atoms with E-state index in [1.54, 1.807) is 0 Å². The van der Waals surface area contributed by atoms with E-state index in [-0.39, 0.29) is 5.82 Å². The zero-order valence-electron chi connectivity index (χ0n) is 8.87. The highest BCUT2D eigenvalue weighted by Crippen LogP contribution is 2.62. The minimum absolute atomic E-state index is 0.313. The van der Waals surface area contributed by atoms with Crippen LogP contribution in [-0.2, 0) is 0 Å². The topological polar surface area (TPSA) is 20.2 Å². The van der Waals surface area contributed by atoms with Crippen molar-refractivity contribution in [1.82, 2.24) is 0 Å². The van der Waals surface area contributed by atoms with E-state index in [0.717, 1.165) is 0 Å². The quantitative estimate of drug-likeness (QED) is 0.838. The number of aliphatic hydroxyl groups excluding tert-OH is 1. The number of benzene rings is 1. The van der Waals surface area contributed by atoms with Gasteiger partial charge in [0.05, 0.1) is 6.10 Å². The van der Waals surface area contributed by atoms with Crippen LogP contribution in [0.4, 0.5) is 4.39 Å². The molecular formula is C13H14ClFO. The molecule has 0 radical (unpaired) electrons. The van der Waals surface area contributed by atoms with Gasteiger partial charge in [-0.3, -0.25) is 0 Å². The van der Waals surface area contributed by atoms with E-state index in [1.165, 1.54) is 37.5 Å². The number of hydrogen-bond acceptors (Lipinski definition) is 1. The maximum atomic E-state index is 13.1. The summed E-state index contributed by atoms with van der Waals surface area (Å²) in [5, 5.41) is 10.7. The van der Waals surface area contributed by atoms with Crippen molar-refractivity contribution >= 4 is 11.6 Å². The fraction of sp³-hybridized carbons (Fsp3) is 0.538. The van der Waals surface area contributed by atoms with Crippen LogP contribution in [0.5, 0.6) is 0 Å². The summed E-state index contributed by atoms with van der Waals surface area (Å²) in [4.78, 5) is 0. The Labute approximate surface area is 99.2 Å². The predicted octanol–water partition coefficient (Wildman–Crippen LogP) is 3.56. The van der Waals surface area contributed by atoms with Crippen LogP contribution < -0.4 is 0 Å². The molecule has 1 aromatic carbocycles. The first-order chi connectivity index (χ1) is 7.68. The Bertz CT molecular complexity index is 410. The molecule has 2 saturated carbocycles. The predicted molar refractivity (Wildman–Crippen MR) is 60.7 cm³/mol. The van der Waals surface area contributed by atoms with Crippen molar-refractivity contribution in [2.24, 2.45) is 17.8 Å². The maximum absolute atomic E-state index is 13.1.